The number of nitrogens with zero attached hydrogens (tertiary/aromatic N) is 2. The third kappa shape index (κ3) is 5.41. The minimum absolute atomic E-state index is 0.108. The summed E-state index contributed by atoms with van der Waals surface area (Å²) in [4.78, 5) is 19.5. The number of urea groups is 1. The molecule has 2 heterocycles. The summed E-state index contributed by atoms with van der Waals surface area (Å²) in [6, 6.07) is 19.6. The van der Waals surface area contributed by atoms with Crippen molar-refractivity contribution in [2.45, 2.75) is 6.04 Å². The average molecular weight is 409 g/mol. The van der Waals surface area contributed by atoms with E-state index >= 15 is 0 Å². The molecular weight excluding hydrogens is 384 g/mol. The zero-order chi connectivity index (χ0) is 19.9. The van der Waals surface area contributed by atoms with Crippen molar-refractivity contribution in [3.05, 3.63) is 71.6 Å². The first-order chi connectivity index (χ1) is 14.3. The number of carbonyl (C=O) groups excluding carboxylic acids is 1. The Morgan fingerprint density at radius 3 is 2.48 bits per heavy atom. The molecule has 29 heavy (non-hydrogen) atoms. The molecule has 0 radical (unpaired) electrons. The fourth-order valence-electron chi connectivity index (χ4n) is 3.33. The van der Waals surface area contributed by atoms with E-state index in [0.717, 1.165) is 49.7 Å². The van der Waals surface area contributed by atoms with Crippen molar-refractivity contribution in [1.29, 1.82) is 0 Å². The molecule has 2 aromatic carbocycles. The first kappa shape index (κ1) is 19.6. The summed E-state index contributed by atoms with van der Waals surface area (Å²) >= 11 is 1.42. The number of anilines is 1. The fourth-order valence-corrected chi connectivity index (χ4v) is 4.04. The van der Waals surface area contributed by atoms with Crippen LogP contribution in [0.15, 0.2) is 66.0 Å². The summed E-state index contributed by atoms with van der Waals surface area (Å²) in [6.45, 7) is 3.96. The van der Waals surface area contributed by atoms with Crippen LogP contribution in [-0.2, 0) is 4.74 Å². The second-order valence-electron chi connectivity index (χ2n) is 6.88. The molecule has 7 heteroatoms. The van der Waals surface area contributed by atoms with Gasteiger partial charge in [0.2, 0.25) is 0 Å². The van der Waals surface area contributed by atoms with Crippen LogP contribution in [0.25, 0.3) is 11.3 Å². The molecule has 0 aliphatic carbocycles. The lowest BCUT2D eigenvalue weighted by atomic mass is 10.1. The standard InChI is InChI=1S/C22H24N4O2S/c27-21(25-22-24-20(16-29-22)18-9-5-2-6-10-18)23-19(17-7-3-1-4-8-17)15-26-11-13-28-14-12-26/h1-10,16,19H,11-15H2,(H2,23,24,25,27). The lowest BCUT2D eigenvalue weighted by Crippen LogP contribution is -2.44. The fraction of sp³-hybridized carbons (Fsp3) is 0.273. The van der Waals surface area contributed by atoms with Gasteiger partial charge in [-0.2, -0.15) is 0 Å². The number of hydrogen-bond donors (Lipinski definition) is 2. The Morgan fingerprint density at radius 2 is 1.76 bits per heavy atom. The maximum atomic E-state index is 12.7. The molecule has 1 saturated heterocycles. The van der Waals surface area contributed by atoms with E-state index in [2.05, 4.69) is 20.5 Å². The summed E-state index contributed by atoms with van der Waals surface area (Å²) in [7, 11) is 0. The van der Waals surface area contributed by atoms with Crippen LogP contribution in [0, 0.1) is 0 Å². The van der Waals surface area contributed by atoms with E-state index in [0.29, 0.717) is 5.13 Å². The van der Waals surface area contributed by atoms with Crippen LogP contribution in [-0.4, -0.2) is 48.8 Å². The predicted molar refractivity (Wildman–Crippen MR) is 116 cm³/mol. The smallest absolute Gasteiger partial charge is 0.321 e. The quantitative estimate of drug-likeness (QED) is 0.647. The number of ether oxygens (including phenoxy) is 1. The average Bonchev–Trinajstić information content (AvgIpc) is 3.24. The second kappa shape index (κ2) is 9.65. The van der Waals surface area contributed by atoms with E-state index in [-0.39, 0.29) is 12.1 Å². The van der Waals surface area contributed by atoms with Gasteiger partial charge >= 0.3 is 6.03 Å². The number of hydrogen-bond acceptors (Lipinski definition) is 5. The third-order valence-electron chi connectivity index (χ3n) is 4.85. The van der Waals surface area contributed by atoms with E-state index in [9.17, 15) is 4.79 Å². The van der Waals surface area contributed by atoms with E-state index in [1.54, 1.807) is 0 Å². The summed E-state index contributed by atoms with van der Waals surface area (Å²) in [5.41, 5.74) is 2.98. The highest BCUT2D eigenvalue weighted by molar-refractivity contribution is 7.14. The molecule has 1 unspecified atom stereocenters. The highest BCUT2D eigenvalue weighted by Gasteiger charge is 2.20. The van der Waals surface area contributed by atoms with Gasteiger partial charge in [-0.15, -0.1) is 11.3 Å². The lowest BCUT2D eigenvalue weighted by Gasteiger charge is -2.31. The normalized spacial score (nSPS) is 15.6. The zero-order valence-corrected chi connectivity index (χ0v) is 16.9. The van der Waals surface area contributed by atoms with Crippen molar-refractivity contribution in [2.75, 3.05) is 38.2 Å². The van der Waals surface area contributed by atoms with Crippen molar-refractivity contribution >= 4 is 22.5 Å². The highest BCUT2D eigenvalue weighted by atomic mass is 32.1. The van der Waals surface area contributed by atoms with Gasteiger partial charge in [0, 0.05) is 30.6 Å². The van der Waals surface area contributed by atoms with Gasteiger partial charge < -0.3 is 10.1 Å². The first-order valence-corrected chi connectivity index (χ1v) is 10.6. The van der Waals surface area contributed by atoms with E-state index in [1.807, 2.05) is 66.0 Å². The summed E-state index contributed by atoms with van der Waals surface area (Å²) in [5, 5.41) is 8.53. The number of benzene rings is 2. The van der Waals surface area contributed by atoms with Gasteiger partial charge in [-0.25, -0.2) is 9.78 Å². The van der Waals surface area contributed by atoms with E-state index < -0.39 is 0 Å². The second-order valence-corrected chi connectivity index (χ2v) is 7.74. The number of nitrogens with one attached hydrogen (secondary N) is 2. The number of rotatable bonds is 6. The predicted octanol–water partition coefficient (Wildman–Crippen LogP) is 4.01. The maximum Gasteiger partial charge on any atom is 0.321 e. The van der Waals surface area contributed by atoms with Gasteiger partial charge in [-0.05, 0) is 5.56 Å². The SMILES string of the molecule is O=C(Nc1nc(-c2ccccc2)cs1)NC(CN1CCOCC1)c1ccccc1. The molecule has 6 nitrogen and oxygen atoms in total. The molecule has 1 aromatic heterocycles. The number of morpholine rings is 1. The largest absolute Gasteiger partial charge is 0.379 e. The maximum absolute atomic E-state index is 12.7. The van der Waals surface area contributed by atoms with Crippen molar-refractivity contribution in [3.63, 3.8) is 0 Å². The minimum Gasteiger partial charge on any atom is -0.379 e. The van der Waals surface area contributed by atoms with Gasteiger partial charge in [0.05, 0.1) is 24.9 Å². The molecule has 3 aromatic rings. The molecule has 1 fully saturated rings. The summed E-state index contributed by atoms with van der Waals surface area (Å²) in [6.07, 6.45) is 0. The van der Waals surface area contributed by atoms with Gasteiger partial charge in [0.15, 0.2) is 5.13 Å². The van der Waals surface area contributed by atoms with Crippen molar-refractivity contribution < 1.29 is 9.53 Å². The Kier molecular flexibility index (Phi) is 6.51. The number of aromatic nitrogens is 1. The van der Waals surface area contributed by atoms with Crippen molar-refractivity contribution in [3.8, 4) is 11.3 Å². The van der Waals surface area contributed by atoms with Crippen LogP contribution < -0.4 is 10.6 Å². The topological polar surface area (TPSA) is 66.5 Å². The van der Waals surface area contributed by atoms with Gasteiger partial charge in [-0.3, -0.25) is 10.2 Å². The molecule has 0 spiro atoms. The molecule has 150 valence electrons. The number of carbonyl (C=O) groups is 1. The molecule has 1 atom stereocenters. The molecule has 1 aliphatic heterocycles. The van der Waals surface area contributed by atoms with Crippen LogP contribution in [0.1, 0.15) is 11.6 Å². The number of thiazole rings is 1. The third-order valence-corrected chi connectivity index (χ3v) is 5.60. The molecule has 4 rings (SSSR count). The van der Waals surface area contributed by atoms with Crippen molar-refractivity contribution in [2.24, 2.45) is 0 Å². The Morgan fingerprint density at radius 1 is 1.07 bits per heavy atom. The summed E-state index contributed by atoms with van der Waals surface area (Å²) in [5.74, 6) is 0. The van der Waals surface area contributed by atoms with Crippen LogP contribution in [0.2, 0.25) is 0 Å². The molecule has 2 amide bonds. The Balaban J connectivity index is 1.41. The van der Waals surface area contributed by atoms with Crippen LogP contribution >= 0.6 is 11.3 Å². The lowest BCUT2D eigenvalue weighted by molar-refractivity contribution is 0.0340. The zero-order valence-electron chi connectivity index (χ0n) is 16.1. The molecule has 0 saturated carbocycles. The van der Waals surface area contributed by atoms with Crippen LogP contribution in [0.3, 0.4) is 0 Å². The molecular formula is C22H24N4O2S. The summed E-state index contributed by atoms with van der Waals surface area (Å²) < 4.78 is 5.44. The first-order valence-electron chi connectivity index (χ1n) is 9.71. The molecule has 2 N–H and O–H groups in total. The van der Waals surface area contributed by atoms with Crippen molar-refractivity contribution in [1.82, 2.24) is 15.2 Å². The monoisotopic (exact) mass is 408 g/mol. The Hall–Kier alpha value is -2.74. The molecule has 1 aliphatic rings. The van der Waals surface area contributed by atoms with Crippen LogP contribution in [0.4, 0.5) is 9.93 Å². The Bertz CT molecular complexity index is 911. The van der Waals surface area contributed by atoms with Crippen LogP contribution in [0.5, 0.6) is 0 Å². The van der Waals surface area contributed by atoms with E-state index in [1.165, 1.54) is 11.3 Å². The highest BCUT2D eigenvalue weighted by Crippen LogP contribution is 2.24. The number of amides is 2. The minimum atomic E-state index is -0.249. The van der Waals surface area contributed by atoms with Gasteiger partial charge in [-0.1, -0.05) is 60.7 Å². The van der Waals surface area contributed by atoms with E-state index in [4.69, 9.17) is 4.74 Å². The van der Waals surface area contributed by atoms with Gasteiger partial charge in [0.1, 0.15) is 0 Å². The molecule has 0 bridgehead atoms. The van der Waals surface area contributed by atoms with Gasteiger partial charge in [0.25, 0.3) is 0 Å². The Labute approximate surface area is 174 Å².